The van der Waals surface area contributed by atoms with Crippen LogP contribution in [-0.4, -0.2) is 27.8 Å². The monoisotopic (exact) mass is 344 g/mol. The molecule has 110 valence electrons. The number of aromatic nitrogens is 1. The number of ether oxygens (including phenoxy) is 1. The van der Waals surface area contributed by atoms with E-state index in [1.165, 1.54) is 6.20 Å². The average Bonchev–Trinajstić information content (AvgIpc) is 2.24. The molecule has 1 aromatic heterocycles. The molecule has 1 heterocycles. The molecule has 6 nitrogen and oxygen atoms in total. The van der Waals surface area contributed by atoms with Crippen LogP contribution in [0, 0.1) is 0 Å². The number of pyridine rings is 1. The van der Waals surface area contributed by atoms with Crippen LogP contribution in [0.5, 0.6) is 0 Å². The van der Waals surface area contributed by atoms with Gasteiger partial charge in [0.2, 0.25) is 0 Å². The van der Waals surface area contributed by atoms with Gasteiger partial charge in [-0.05, 0) is 48.3 Å². The Balaban J connectivity index is 2.85. The molecule has 0 radical (unpaired) electrons. The molecule has 0 bridgehead atoms. The quantitative estimate of drug-likeness (QED) is 0.876. The number of carboxylic acids is 1. The van der Waals surface area contributed by atoms with Crippen molar-refractivity contribution in [3.8, 4) is 0 Å². The molecular formula is C13H17BrN2O4. The van der Waals surface area contributed by atoms with E-state index < -0.39 is 23.7 Å². The zero-order valence-electron chi connectivity index (χ0n) is 11.5. The van der Waals surface area contributed by atoms with Crippen LogP contribution in [0.15, 0.2) is 22.9 Å². The number of halogens is 1. The Morgan fingerprint density at radius 2 is 2.10 bits per heavy atom. The van der Waals surface area contributed by atoms with Gasteiger partial charge < -0.3 is 15.2 Å². The Morgan fingerprint density at radius 3 is 2.60 bits per heavy atom. The number of hydrogen-bond donors (Lipinski definition) is 2. The number of nitrogens with zero attached hydrogens (tertiary/aromatic N) is 1. The Labute approximate surface area is 125 Å². The summed E-state index contributed by atoms with van der Waals surface area (Å²) in [4.78, 5) is 26.6. The van der Waals surface area contributed by atoms with Gasteiger partial charge in [-0.2, -0.15) is 0 Å². The van der Waals surface area contributed by atoms with Crippen molar-refractivity contribution >= 4 is 28.0 Å². The fraction of sp³-hybridized carbons (Fsp3) is 0.462. The summed E-state index contributed by atoms with van der Waals surface area (Å²) < 4.78 is 5.83. The minimum atomic E-state index is -1.02. The normalized spacial score (nSPS) is 12.6. The second-order valence-electron chi connectivity index (χ2n) is 5.23. The lowest BCUT2D eigenvalue weighted by atomic mass is 10.1. The van der Waals surface area contributed by atoms with Gasteiger partial charge in [0.05, 0.1) is 12.5 Å². The lowest BCUT2D eigenvalue weighted by Crippen LogP contribution is -2.35. The van der Waals surface area contributed by atoms with Crippen molar-refractivity contribution in [2.45, 2.75) is 38.8 Å². The Hall–Kier alpha value is -1.63. The smallest absolute Gasteiger partial charge is 0.408 e. The number of hydrogen-bond acceptors (Lipinski definition) is 4. The van der Waals surface area contributed by atoms with E-state index in [2.05, 4.69) is 26.2 Å². The largest absolute Gasteiger partial charge is 0.481 e. The third-order valence-electron chi connectivity index (χ3n) is 2.20. The average molecular weight is 345 g/mol. The number of carbonyl (C=O) groups excluding carboxylic acids is 1. The maximum Gasteiger partial charge on any atom is 0.408 e. The first-order valence-electron chi connectivity index (χ1n) is 5.99. The van der Waals surface area contributed by atoms with E-state index in [0.717, 1.165) is 0 Å². The van der Waals surface area contributed by atoms with E-state index in [4.69, 9.17) is 9.84 Å². The summed E-state index contributed by atoms with van der Waals surface area (Å²) in [5, 5.41) is 11.5. The van der Waals surface area contributed by atoms with Crippen molar-refractivity contribution in [2.24, 2.45) is 0 Å². The van der Waals surface area contributed by atoms with Crippen LogP contribution >= 0.6 is 15.9 Å². The van der Waals surface area contributed by atoms with E-state index in [1.54, 1.807) is 33.0 Å². The molecule has 20 heavy (non-hydrogen) atoms. The van der Waals surface area contributed by atoms with Crippen LogP contribution in [0.25, 0.3) is 0 Å². The highest BCUT2D eigenvalue weighted by Gasteiger charge is 2.22. The molecule has 0 aliphatic rings. The van der Waals surface area contributed by atoms with E-state index >= 15 is 0 Å². The highest BCUT2D eigenvalue weighted by molar-refractivity contribution is 9.10. The molecule has 0 unspecified atom stereocenters. The number of alkyl carbamates (subject to hydrolysis) is 1. The molecule has 0 aliphatic carbocycles. The molecule has 1 amide bonds. The van der Waals surface area contributed by atoms with Gasteiger partial charge >= 0.3 is 12.1 Å². The molecule has 7 heteroatoms. The molecule has 0 aliphatic heterocycles. The van der Waals surface area contributed by atoms with Gasteiger partial charge in [0, 0.05) is 16.9 Å². The third-order valence-corrected chi connectivity index (χ3v) is 2.63. The zero-order chi connectivity index (χ0) is 15.3. The molecule has 0 aromatic carbocycles. The number of rotatable bonds is 4. The number of carbonyl (C=O) groups is 2. The number of aliphatic carboxylic acids is 1. The first-order valence-corrected chi connectivity index (χ1v) is 6.78. The fourth-order valence-electron chi connectivity index (χ4n) is 1.50. The molecule has 1 atom stereocenters. The van der Waals surface area contributed by atoms with E-state index in [-0.39, 0.29) is 6.42 Å². The molecule has 0 saturated heterocycles. The van der Waals surface area contributed by atoms with Crippen LogP contribution in [0.2, 0.25) is 0 Å². The van der Waals surface area contributed by atoms with Crippen LogP contribution < -0.4 is 5.32 Å². The summed E-state index contributed by atoms with van der Waals surface area (Å²) in [5.41, 5.74) is -0.0551. The summed E-state index contributed by atoms with van der Waals surface area (Å²) in [7, 11) is 0. The lowest BCUT2D eigenvalue weighted by molar-refractivity contribution is -0.137. The Kier molecular flexibility index (Phi) is 5.50. The van der Waals surface area contributed by atoms with Crippen molar-refractivity contribution in [3.05, 3.63) is 28.5 Å². The highest BCUT2D eigenvalue weighted by atomic mass is 79.9. The second-order valence-corrected chi connectivity index (χ2v) is 6.15. The predicted octanol–water partition coefficient (Wildman–Crippen LogP) is 2.88. The molecule has 1 aromatic rings. The van der Waals surface area contributed by atoms with E-state index in [0.29, 0.717) is 10.0 Å². The summed E-state index contributed by atoms with van der Waals surface area (Å²) in [6, 6.07) is 1.00. The fourth-order valence-corrected chi connectivity index (χ4v) is 1.88. The van der Waals surface area contributed by atoms with Gasteiger partial charge in [-0.15, -0.1) is 0 Å². The molecule has 0 fully saturated rings. The van der Waals surface area contributed by atoms with Gasteiger partial charge in [0.15, 0.2) is 0 Å². The minimum absolute atomic E-state index is 0.253. The van der Waals surface area contributed by atoms with Gasteiger partial charge in [-0.3, -0.25) is 9.78 Å². The number of carboxylic acid groups (broad SMARTS) is 1. The standard InChI is InChI=1S/C13H17BrN2O4/c1-13(2,3)20-12(19)16-10(5-11(17)18)8-4-9(14)7-15-6-8/h4,6-7,10H,5H2,1-3H3,(H,16,19)(H,17,18)/t10-/m1/s1. The maximum atomic E-state index is 11.8. The molecular weight excluding hydrogens is 328 g/mol. The maximum absolute atomic E-state index is 11.8. The molecule has 1 rings (SSSR count). The second kappa shape index (κ2) is 6.69. The van der Waals surface area contributed by atoms with Gasteiger partial charge in [0.1, 0.15) is 5.60 Å². The first-order chi connectivity index (χ1) is 9.17. The molecule has 2 N–H and O–H groups in total. The van der Waals surface area contributed by atoms with Gasteiger partial charge in [-0.25, -0.2) is 4.79 Å². The van der Waals surface area contributed by atoms with Crippen LogP contribution in [0.4, 0.5) is 4.79 Å². The highest BCUT2D eigenvalue weighted by Crippen LogP contribution is 2.20. The molecule has 0 spiro atoms. The lowest BCUT2D eigenvalue weighted by Gasteiger charge is -2.23. The van der Waals surface area contributed by atoms with Crippen molar-refractivity contribution in [1.29, 1.82) is 0 Å². The van der Waals surface area contributed by atoms with Crippen molar-refractivity contribution in [1.82, 2.24) is 10.3 Å². The third kappa shape index (κ3) is 6.01. The van der Waals surface area contributed by atoms with Crippen molar-refractivity contribution in [2.75, 3.05) is 0 Å². The van der Waals surface area contributed by atoms with E-state index in [9.17, 15) is 9.59 Å². The predicted molar refractivity (Wildman–Crippen MR) is 76.3 cm³/mol. The minimum Gasteiger partial charge on any atom is -0.481 e. The van der Waals surface area contributed by atoms with Crippen LogP contribution in [0.3, 0.4) is 0 Å². The number of nitrogens with one attached hydrogen (secondary N) is 1. The van der Waals surface area contributed by atoms with Crippen molar-refractivity contribution in [3.63, 3.8) is 0 Å². The summed E-state index contributed by atoms with van der Waals surface area (Å²) >= 11 is 3.26. The topological polar surface area (TPSA) is 88.5 Å². The zero-order valence-corrected chi connectivity index (χ0v) is 13.1. The summed E-state index contributed by atoms with van der Waals surface area (Å²) in [6.45, 7) is 5.21. The SMILES string of the molecule is CC(C)(C)OC(=O)N[C@H](CC(=O)O)c1cncc(Br)c1. The van der Waals surface area contributed by atoms with E-state index in [1.807, 2.05) is 0 Å². The van der Waals surface area contributed by atoms with Crippen molar-refractivity contribution < 1.29 is 19.4 Å². The van der Waals surface area contributed by atoms with Gasteiger partial charge in [-0.1, -0.05) is 0 Å². The Morgan fingerprint density at radius 1 is 1.45 bits per heavy atom. The van der Waals surface area contributed by atoms with Crippen LogP contribution in [-0.2, 0) is 9.53 Å². The first kappa shape index (κ1) is 16.4. The van der Waals surface area contributed by atoms with Crippen LogP contribution in [0.1, 0.15) is 38.8 Å². The van der Waals surface area contributed by atoms with Gasteiger partial charge in [0.25, 0.3) is 0 Å². The Bertz CT molecular complexity index is 499. The summed E-state index contributed by atoms with van der Waals surface area (Å²) in [6.07, 6.45) is 2.17. The number of amides is 1. The molecule has 0 saturated carbocycles. The summed E-state index contributed by atoms with van der Waals surface area (Å²) in [5.74, 6) is -1.02.